The quantitative estimate of drug-likeness (QED) is 0.0367. The van der Waals surface area contributed by atoms with E-state index in [0.717, 1.165) is 91.6 Å². The zero-order valence-electron chi connectivity index (χ0n) is 37.2. The van der Waals surface area contributed by atoms with Gasteiger partial charge in [0.05, 0.1) is 32.7 Å². The first-order valence-electron chi connectivity index (χ1n) is 20.6. The molecule has 4 aromatic rings. The van der Waals surface area contributed by atoms with Crippen LogP contribution in [0.1, 0.15) is 87.5 Å². The van der Waals surface area contributed by atoms with Crippen LogP contribution < -0.4 is 46.8 Å². The summed E-state index contributed by atoms with van der Waals surface area (Å²) in [6.45, 7) is 15.5. The van der Waals surface area contributed by atoms with Gasteiger partial charge in [0.1, 0.15) is 29.1 Å². The highest BCUT2D eigenvalue weighted by Crippen LogP contribution is 2.38. The molecular formula is C46H64ClN9O6. The molecule has 2 fully saturated rings. The minimum Gasteiger partial charge on any atom is -0.496 e. The van der Waals surface area contributed by atoms with Gasteiger partial charge in [0, 0.05) is 50.3 Å². The lowest BCUT2D eigenvalue weighted by molar-refractivity contribution is 0.0870. The minimum absolute atomic E-state index is 0. The van der Waals surface area contributed by atoms with Crippen molar-refractivity contribution in [2.75, 3.05) is 57.0 Å². The third kappa shape index (κ3) is 15.8. The molecule has 3 aromatic carbocycles. The van der Waals surface area contributed by atoms with Crippen molar-refractivity contribution < 1.29 is 28.4 Å². The second-order valence-corrected chi connectivity index (χ2v) is 15.2. The van der Waals surface area contributed by atoms with Gasteiger partial charge < -0.3 is 56.3 Å². The van der Waals surface area contributed by atoms with Crippen molar-refractivity contribution in [2.45, 2.75) is 91.1 Å². The minimum atomic E-state index is 0. The first kappa shape index (κ1) is 50.4. The Bertz CT molecular complexity index is 2100. The maximum Gasteiger partial charge on any atom is 0.225 e. The molecule has 0 atom stereocenters. The molecule has 2 aliphatic rings. The fraction of sp³-hybridized carbons (Fsp3) is 0.435. The number of halogens is 1. The van der Waals surface area contributed by atoms with E-state index < -0.39 is 0 Å². The lowest BCUT2D eigenvalue weighted by Gasteiger charge is -2.23. The summed E-state index contributed by atoms with van der Waals surface area (Å²) in [6.07, 6.45) is 6.92. The summed E-state index contributed by atoms with van der Waals surface area (Å²) in [5.74, 6) is 5.02. The van der Waals surface area contributed by atoms with Crippen molar-refractivity contribution >= 4 is 35.8 Å². The Morgan fingerprint density at radius 3 is 1.89 bits per heavy atom. The van der Waals surface area contributed by atoms with Gasteiger partial charge in [-0.1, -0.05) is 45.9 Å². The number of aliphatic imine (C=N–C) groups is 1. The van der Waals surface area contributed by atoms with Gasteiger partial charge in [0.15, 0.2) is 17.5 Å². The molecule has 0 aliphatic carbocycles. The molecular weight excluding hydrogens is 810 g/mol. The van der Waals surface area contributed by atoms with Crippen molar-refractivity contribution in [1.29, 1.82) is 5.26 Å². The number of anilines is 3. The molecule has 15 nitrogen and oxygen atoms in total. The lowest BCUT2D eigenvalue weighted by atomic mass is 9.99. The van der Waals surface area contributed by atoms with Crippen LogP contribution in [0, 0.1) is 25.2 Å². The Hall–Kier alpha value is -5.95. The molecule has 16 heteroatoms. The van der Waals surface area contributed by atoms with Crippen molar-refractivity contribution in [3.05, 3.63) is 95.0 Å². The molecule has 0 spiro atoms. The van der Waals surface area contributed by atoms with E-state index in [2.05, 4.69) is 65.4 Å². The van der Waals surface area contributed by atoms with Gasteiger partial charge in [-0.05, 0) is 97.9 Å². The van der Waals surface area contributed by atoms with E-state index in [1.807, 2.05) is 62.4 Å². The number of nitrogen functional groups attached to an aromatic ring is 1. The number of hydrogen-bond acceptors (Lipinski definition) is 13. The first-order chi connectivity index (χ1) is 29.3. The highest BCUT2D eigenvalue weighted by molar-refractivity contribution is 5.85. The fourth-order valence-electron chi connectivity index (χ4n) is 6.49. The van der Waals surface area contributed by atoms with E-state index >= 15 is 0 Å². The molecule has 0 amide bonds. The number of guanidine groups is 1. The van der Waals surface area contributed by atoms with Crippen LogP contribution in [0.4, 0.5) is 17.5 Å². The van der Waals surface area contributed by atoms with E-state index in [1.165, 1.54) is 0 Å². The summed E-state index contributed by atoms with van der Waals surface area (Å²) < 4.78 is 33.2. The standard InChI is InChI=1S/C20H28N4O3.C20H22N2O2.C6H13N3O.ClH/c1-12(2)15-9-13(3)16(25-4)10-17(15)27-18-11-22-20(24-19(18)21)23-14-5-7-26-8-6-14;1-14(2)18-10-15(3)19(23-4)11-20(18)24-17(12-21)13-22-16-8-6-5-7-9-16;7-6(8)9-5-1-3-10-4-2-5;/h9-12,14H,5-8H2,1-4H3,(H3,21,22,23,24);5-11,13-14,22H,1-4H3;5H,1-4H2,(H4,7,8,9);1H/b;17-13+;;. The monoisotopic (exact) mass is 873 g/mol. The van der Waals surface area contributed by atoms with E-state index in [4.69, 9.17) is 45.6 Å². The Balaban J connectivity index is 0.000000269. The summed E-state index contributed by atoms with van der Waals surface area (Å²) in [6, 6.07) is 20.1. The number of methoxy groups -OCH3 is 2. The van der Waals surface area contributed by atoms with E-state index in [-0.39, 0.29) is 30.0 Å². The Morgan fingerprint density at radius 1 is 0.823 bits per heavy atom. The molecule has 62 heavy (non-hydrogen) atoms. The highest BCUT2D eigenvalue weighted by Gasteiger charge is 2.19. The lowest BCUT2D eigenvalue weighted by Crippen LogP contribution is -2.28. The van der Waals surface area contributed by atoms with E-state index in [0.29, 0.717) is 47.0 Å². The number of nitrogens with one attached hydrogen (secondary N) is 2. The Morgan fingerprint density at radius 2 is 1.37 bits per heavy atom. The topological polar surface area (TPSA) is 219 Å². The van der Waals surface area contributed by atoms with Crippen LogP contribution in [-0.4, -0.2) is 68.7 Å². The van der Waals surface area contributed by atoms with Crippen molar-refractivity contribution in [3.8, 4) is 34.8 Å². The van der Waals surface area contributed by atoms with Crippen LogP contribution in [0.25, 0.3) is 0 Å². The number of rotatable bonds is 13. The summed E-state index contributed by atoms with van der Waals surface area (Å²) >= 11 is 0. The van der Waals surface area contributed by atoms with Crippen LogP contribution in [0.15, 0.2) is 77.7 Å². The van der Waals surface area contributed by atoms with Crippen molar-refractivity contribution in [1.82, 2.24) is 9.97 Å². The molecule has 3 heterocycles. The molecule has 1 aromatic heterocycles. The Kier molecular flexibility index (Phi) is 20.9. The first-order valence-corrected chi connectivity index (χ1v) is 20.6. The summed E-state index contributed by atoms with van der Waals surface area (Å²) in [5.41, 5.74) is 21.7. The zero-order chi connectivity index (χ0) is 44.3. The number of aryl methyl sites for hydroxylation is 2. The number of ether oxygens (including phenoxy) is 6. The molecule has 8 N–H and O–H groups in total. The smallest absolute Gasteiger partial charge is 0.225 e. The summed E-state index contributed by atoms with van der Waals surface area (Å²) in [5, 5.41) is 15.7. The summed E-state index contributed by atoms with van der Waals surface area (Å²) in [4.78, 5) is 12.8. The van der Waals surface area contributed by atoms with E-state index in [1.54, 1.807) is 26.6 Å². The SMILES string of the molecule is COc1cc(O/C(C#N)=C/Nc2ccccc2)c(C(C)C)cc1C.COc1cc(Oc2cnc(NC3CCOCC3)nc2N)c(C(C)C)cc1C.Cl.NC(N)=NC1CCOCC1. The number of hydrogen-bond donors (Lipinski definition) is 5. The van der Waals surface area contributed by atoms with Gasteiger partial charge in [0.25, 0.3) is 0 Å². The number of nitrogens with two attached hydrogens (primary N) is 3. The average Bonchev–Trinajstić information content (AvgIpc) is 3.25. The second-order valence-electron chi connectivity index (χ2n) is 15.2. The second kappa shape index (κ2) is 25.7. The predicted octanol–water partition coefficient (Wildman–Crippen LogP) is 8.73. The van der Waals surface area contributed by atoms with Crippen LogP contribution in [-0.2, 0) is 9.47 Å². The molecule has 0 unspecified atom stereocenters. The van der Waals surface area contributed by atoms with Crippen LogP contribution in [0.3, 0.4) is 0 Å². The number of benzene rings is 3. The molecule has 2 saturated heterocycles. The third-order valence-electron chi connectivity index (χ3n) is 9.85. The Labute approximate surface area is 372 Å². The van der Waals surface area contributed by atoms with Crippen molar-refractivity contribution in [3.63, 3.8) is 0 Å². The molecule has 0 radical (unpaired) electrons. The molecule has 0 saturated carbocycles. The predicted molar refractivity (Wildman–Crippen MR) is 249 cm³/mol. The van der Waals surface area contributed by atoms with Crippen LogP contribution in [0.5, 0.6) is 28.7 Å². The number of nitrogens with zero attached hydrogens (tertiary/aromatic N) is 4. The van der Waals surface area contributed by atoms with Gasteiger partial charge in [0.2, 0.25) is 11.7 Å². The van der Waals surface area contributed by atoms with Gasteiger partial charge in [-0.25, -0.2) is 4.98 Å². The molecule has 336 valence electrons. The molecule has 0 bridgehead atoms. The molecule has 6 rings (SSSR count). The van der Waals surface area contributed by atoms with Gasteiger partial charge >= 0.3 is 0 Å². The fourth-order valence-corrected chi connectivity index (χ4v) is 6.49. The van der Waals surface area contributed by atoms with Gasteiger partial charge in [-0.3, -0.25) is 4.99 Å². The highest BCUT2D eigenvalue weighted by atomic mass is 35.5. The number of allylic oxidation sites excluding steroid dienone is 1. The van der Waals surface area contributed by atoms with Crippen LogP contribution >= 0.6 is 12.4 Å². The normalized spacial score (nSPS) is 14.1. The zero-order valence-corrected chi connectivity index (χ0v) is 38.0. The van der Waals surface area contributed by atoms with Gasteiger partial charge in [-0.2, -0.15) is 10.2 Å². The van der Waals surface area contributed by atoms with E-state index in [9.17, 15) is 5.26 Å². The number of nitriles is 1. The third-order valence-corrected chi connectivity index (χ3v) is 9.85. The van der Waals surface area contributed by atoms with Crippen LogP contribution in [0.2, 0.25) is 0 Å². The molecule has 2 aliphatic heterocycles. The summed E-state index contributed by atoms with van der Waals surface area (Å²) in [7, 11) is 3.27. The van der Waals surface area contributed by atoms with Gasteiger partial charge in [-0.15, -0.1) is 12.4 Å². The maximum atomic E-state index is 9.36. The van der Waals surface area contributed by atoms with Crippen molar-refractivity contribution in [2.24, 2.45) is 16.5 Å². The maximum absolute atomic E-state index is 9.36. The number of para-hydroxylation sites is 1. The largest absolute Gasteiger partial charge is 0.496 e. The average molecular weight is 875 g/mol. The number of aromatic nitrogens is 2.